The van der Waals surface area contributed by atoms with Crippen LogP contribution in [0.5, 0.6) is 0 Å². The van der Waals surface area contributed by atoms with Gasteiger partial charge in [-0.15, -0.1) is 5.10 Å². The van der Waals surface area contributed by atoms with E-state index in [0.717, 1.165) is 16.7 Å². The van der Waals surface area contributed by atoms with Gasteiger partial charge in [-0.25, -0.2) is 4.68 Å². The van der Waals surface area contributed by atoms with Crippen LogP contribution in [0.25, 0.3) is 5.69 Å². The average molecular weight is 449 g/mol. The van der Waals surface area contributed by atoms with E-state index in [4.69, 9.17) is 16.2 Å². The molecule has 1 aliphatic heterocycles. The molecular formula is C24H28N6O3. The number of nitrogens with two attached hydrogens (primary N) is 2. The SMILES string of the molecule is Cc1ccc(C)c(C(=O)NCc2ccc(-n3nc(N4CCOCC4)c(N)c3C(N)=O)cc2)c1. The van der Waals surface area contributed by atoms with Crippen LogP contribution in [0.15, 0.2) is 42.5 Å². The molecule has 0 unspecified atom stereocenters. The van der Waals surface area contributed by atoms with Crippen molar-refractivity contribution in [2.75, 3.05) is 36.9 Å². The predicted molar refractivity (Wildman–Crippen MR) is 127 cm³/mol. The molecule has 0 spiro atoms. The third-order valence-electron chi connectivity index (χ3n) is 5.72. The number of hydrogen-bond donors (Lipinski definition) is 3. The summed E-state index contributed by atoms with van der Waals surface area (Å²) in [5.41, 5.74) is 16.5. The van der Waals surface area contributed by atoms with E-state index in [9.17, 15) is 9.59 Å². The monoisotopic (exact) mass is 448 g/mol. The van der Waals surface area contributed by atoms with E-state index in [1.165, 1.54) is 4.68 Å². The number of ether oxygens (including phenoxy) is 1. The molecule has 1 fully saturated rings. The number of aryl methyl sites for hydroxylation is 2. The second-order valence-corrected chi connectivity index (χ2v) is 8.13. The van der Waals surface area contributed by atoms with Gasteiger partial charge >= 0.3 is 0 Å². The van der Waals surface area contributed by atoms with Gasteiger partial charge in [-0.3, -0.25) is 9.59 Å². The number of benzene rings is 2. The Kier molecular flexibility index (Phi) is 6.32. The number of anilines is 2. The Balaban J connectivity index is 1.52. The van der Waals surface area contributed by atoms with Gasteiger partial charge in [-0.05, 0) is 43.2 Å². The molecule has 9 heteroatoms. The molecule has 172 valence electrons. The van der Waals surface area contributed by atoms with Crippen molar-refractivity contribution in [2.45, 2.75) is 20.4 Å². The molecule has 0 saturated carbocycles. The molecule has 33 heavy (non-hydrogen) atoms. The van der Waals surface area contributed by atoms with Crippen LogP contribution >= 0.6 is 0 Å². The van der Waals surface area contributed by atoms with Gasteiger partial charge in [0.15, 0.2) is 11.5 Å². The molecule has 0 aliphatic carbocycles. The molecule has 2 heterocycles. The Morgan fingerprint density at radius 2 is 1.79 bits per heavy atom. The Hall–Kier alpha value is -3.85. The highest BCUT2D eigenvalue weighted by Crippen LogP contribution is 2.28. The van der Waals surface area contributed by atoms with Crippen LogP contribution in [-0.4, -0.2) is 47.9 Å². The summed E-state index contributed by atoms with van der Waals surface area (Å²) in [5, 5.41) is 7.53. The number of rotatable bonds is 6. The molecule has 0 radical (unpaired) electrons. The third kappa shape index (κ3) is 4.68. The number of aromatic nitrogens is 2. The van der Waals surface area contributed by atoms with Crippen molar-refractivity contribution in [3.8, 4) is 5.69 Å². The average Bonchev–Trinajstić information content (AvgIpc) is 3.17. The lowest BCUT2D eigenvalue weighted by Gasteiger charge is -2.27. The first kappa shape index (κ1) is 22.3. The third-order valence-corrected chi connectivity index (χ3v) is 5.72. The largest absolute Gasteiger partial charge is 0.394 e. The van der Waals surface area contributed by atoms with E-state index in [2.05, 4.69) is 10.4 Å². The lowest BCUT2D eigenvalue weighted by molar-refractivity contribution is 0.0948. The second kappa shape index (κ2) is 9.33. The number of hydrogen-bond acceptors (Lipinski definition) is 6. The Labute approximate surface area is 192 Å². The van der Waals surface area contributed by atoms with Gasteiger partial charge in [0, 0.05) is 25.2 Å². The van der Waals surface area contributed by atoms with Crippen LogP contribution in [-0.2, 0) is 11.3 Å². The van der Waals surface area contributed by atoms with Gasteiger partial charge in [-0.1, -0.05) is 29.8 Å². The summed E-state index contributed by atoms with van der Waals surface area (Å²) in [6.45, 7) is 6.66. The smallest absolute Gasteiger partial charge is 0.269 e. The first-order valence-corrected chi connectivity index (χ1v) is 10.8. The first-order valence-electron chi connectivity index (χ1n) is 10.8. The highest BCUT2D eigenvalue weighted by Gasteiger charge is 2.25. The molecule has 1 saturated heterocycles. The summed E-state index contributed by atoms with van der Waals surface area (Å²) in [6.07, 6.45) is 0. The number of morpholine rings is 1. The molecular weight excluding hydrogens is 420 g/mol. The minimum atomic E-state index is -0.649. The van der Waals surface area contributed by atoms with Crippen LogP contribution in [0.4, 0.5) is 11.5 Å². The van der Waals surface area contributed by atoms with E-state index in [1.807, 2.05) is 61.2 Å². The summed E-state index contributed by atoms with van der Waals surface area (Å²) in [6, 6.07) is 13.2. The van der Waals surface area contributed by atoms with Gasteiger partial charge in [0.2, 0.25) is 0 Å². The maximum Gasteiger partial charge on any atom is 0.269 e. The zero-order valence-corrected chi connectivity index (χ0v) is 18.8. The maximum absolute atomic E-state index is 12.6. The summed E-state index contributed by atoms with van der Waals surface area (Å²) in [4.78, 5) is 26.7. The van der Waals surface area contributed by atoms with Crippen molar-refractivity contribution in [2.24, 2.45) is 5.73 Å². The molecule has 9 nitrogen and oxygen atoms in total. The highest BCUT2D eigenvalue weighted by atomic mass is 16.5. The van der Waals surface area contributed by atoms with E-state index in [-0.39, 0.29) is 17.3 Å². The van der Waals surface area contributed by atoms with Gasteiger partial charge in [0.05, 0.1) is 18.9 Å². The van der Waals surface area contributed by atoms with Gasteiger partial charge in [-0.2, -0.15) is 0 Å². The van der Waals surface area contributed by atoms with Crippen molar-refractivity contribution in [1.82, 2.24) is 15.1 Å². The molecule has 2 amide bonds. The number of carbonyl (C=O) groups is 2. The predicted octanol–water partition coefficient (Wildman–Crippen LogP) is 1.94. The van der Waals surface area contributed by atoms with Gasteiger partial charge < -0.3 is 26.4 Å². The molecule has 0 atom stereocenters. The Morgan fingerprint density at radius 3 is 2.45 bits per heavy atom. The topological polar surface area (TPSA) is 128 Å². The summed E-state index contributed by atoms with van der Waals surface area (Å²) in [5.74, 6) is -0.243. The van der Waals surface area contributed by atoms with Gasteiger partial charge in [0.25, 0.3) is 11.8 Å². The number of nitrogens with one attached hydrogen (secondary N) is 1. The molecule has 1 aliphatic rings. The molecule has 2 aromatic carbocycles. The number of carbonyl (C=O) groups excluding carboxylic acids is 2. The fourth-order valence-electron chi connectivity index (χ4n) is 3.86. The van der Waals surface area contributed by atoms with E-state index in [1.54, 1.807) is 0 Å². The second-order valence-electron chi connectivity index (χ2n) is 8.13. The van der Waals surface area contributed by atoms with E-state index < -0.39 is 5.91 Å². The Morgan fingerprint density at radius 1 is 1.09 bits per heavy atom. The van der Waals surface area contributed by atoms with E-state index >= 15 is 0 Å². The van der Waals surface area contributed by atoms with Crippen LogP contribution in [0.3, 0.4) is 0 Å². The Bertz CT molecular complexity index is 1180. The van der Waals surface area contributed by atoms with Crippen LogP contribution < -0.4 is 21.7 Å². The quantitative estimate of drug-likeness (QED) is 0.529. The normalized spacial score (nSPS) is 13.7. The minimum absolute atomic E-state index is 0.119. The van der Waals surface area contributed by atoms with Crippen molar-refractivity contribution in [3.63, 3.8) is 0 Å². The fraction of sp³-hybridized carbons (Fsp3) is 0.292. The fourth-order valence-corrected chi connectivity index (χ4v) is 3.86. The van der Waals surface area contributed by atoms with Crippen LogP contribution in [0.1, 0.15) is 37.5 Å². The van der Waals surface area contributed by atoms with Crippen molar-refractivity contribution in [1.29, 1.82) is 0 Å². The molecule has 1 aromatic heterocycles. The number of nitrogen functional groups attached to an aromatic ring is 1. The zero-order chi connectivity index (χ0) is 23.5. The molecule has 3 aromatic rings. The number of primary amides is 1. The van der Waals surface area contributed by atoms with Gasteiger partial charge in [0.1, 0.15) is 5.69 Å². The summed E-state index contributed by atoms with van der Waals surface area (Å²) < 4.78 is 6.86. The summed E-state index contributed by atoms with van der Waals surface area (Å²) in [7, 11) is 0. The van der Waals surface area contributed by atoms with Crippen LogP contribution in [0, 0.1) is 13.8 Å². The van der Waals surface area contributed by atoms with Crippen molar-refractivity contribution in [3.05, 3.63) is 70.4 Å². The maximum atomic E-state index is 12.6. The van der Waals surface area contributed by atoms with Crippen LogP contribution in [0.2, 0.25) is 0 Å². The first-order chi connectivity index (χ1) is 15.8. The summed E-state index contributed by atoms with van der Waals surface area (Å²) >= 11 is 0. The molecule has 0 bridgehead atoms. The molecule has 4 rings (SSSR count). The highest BCUT2D eigenvalue weighted by molar-refractivity contribution is 5.99. The van der Waals surface area contributed by atoms with E-state index in [0.29, 0.717) is 49.9 Å². The lowest BCUT2D eigenvalue weighted by Crippen LogP contribution is -2.37. The lowest BCUT2D eigenvalue weighted by atomic mass is 10.0. The molecule has 5 N–H and O–H groups in total. The minimum Gasteiger partial charge on any atom is -0.394 e. The zero-order valence-electron chi connectivity index (χ0n) is 18.8. The number of amides is 2. The van der Waals surface area contributed by atoms with Crippen molar-refractivity contribution < 1.29 is 14.3 Å². The number of nitrogens with zero attached hydrogens (tertiary/aromatic N) is 3. The van der Waals surface area contributed by atoms with Crippen molar-refractivity contribution >= 4 is 23.3 Å². The standard InChI is InChI=1S/C24H28N6O3/c1-15-3-4-16(2)19(13-15)24(32)27-14-17-5-7-18(8-6-17)30-21(22(26)31)20(25)23(28-30)29-9-11-33-12-10-29/h3-8,13H,9-12,14,25H2,1-2H3,(H2,26,31)(H,27,32).